The average Bonchev–Trinajstić information content (AvgIpc) is 3.22. The molecule has 0 unspecified atom stereocenters. The summed E-state index contributed by atoms with van der Waals surface area (Å²) in [7, 11) is 0. The van der Waals surface area contributed by atoms with Crippen molar-refractivity contribution in [3.05, 3.63) is 48.0 Å². The zero-order valence-corrected chi connectivity index (χ0v) is 12.1. The van der Waals surface area contributed by atoms with E-state index in [9.17, 15) is 0 Å². The van der Waals surface area contributed by atoms with Crippen molar-refractivity contribution in [2.24, 2.45) is 5.92 Å². The first-order valence-corrected chi connectivity index (χ1v) is 7.84. The Morgan fingerprint density at radius 3 is 2.74 bits per heavy atom. The summed E-state index contributed by atoms with van der Waals surface area (Å²) in [5.74, 6) is 1.59. The fourth-order valence-electron chi connectivity index (χ4n) is 2.55. The molecule has 1 radical (unpaired) electrons. The number of unbranched alkanes of at least 4 members (excludes halogenated alkanes) is 2. The second-order valence-electron chi connectivity index (χ2n) is 5.59. The van der Waals surface area contributed by atoms with Crippen LogP contribution in [0.5, 0.6) is 0 Å². The molecule has 1 aromatic carbocycles. The second kappa shape index (κ2) is 8.16. The molecule has 0 spiro atoms. The molecule has 1 fully saturated rings. The molecule has 0 bridgehead atoms. The van der Waals surface area contributed by atoms with Crippen LogP contribution in [0.3, 0.4) is 0 Å². The van der Waals surface area contributed by atoms with E-state index >= 15 is 0 Å². The molecule has 1 saturated carbocycles. The van der Waals surface area contributed by atoms with E-state index in [-0.39, 0.29) is 0 Å². The zero-order chi connectivity index (χ0) is 13.3. The molecule has 0 heterocycles. The summed E-state index contributed by atoms with van der Waals surface area (Å²) >= 11 is 0. The maximum Gasteiger partial charge on any atom is 0.121 e. The highest BCUT2D eigenvalue weighted by atomic mass is 14.8. The molecule has 1 nitrogen and oxygen atoms in total. The number of rotatable bonds is 9. The fraction of sp³-hybridized carbons (Fsp3) is 0.556. The lowest BCUT2D eigenvalue weighted by molar-refractivity contribution is -0.655. The quantitative estimate of drug-likeness (QED) is 0.516. The van der Waals surface area contributed by atoms with Gasteiger partial charge in [-0.2, -0.15) is 5.32 Å². The van der Waals surface area contributed by atoms with Crippen LogP contribution in [-0.4, -0.2) is 13.1 Å². The van der Waals surface area contributed by atoms with Gasteiger partial charge in [-0.1, -0.05) is 55.8 Å². The van der Waals surface area contributed by atoms with Crippen molar-refractivity contribution >= 4 is 0 Å². The molecule has 0 amide bonds. The van der Waals surface area contributed by atoms with E-state index in [4.69, 9.17) is 0 Å². The molecule has 103 valence electrons. The van der Waals surface area contributed by atoms with Crippen molar-refractivity contribution in [3.8, 4) is 0 Å². The molecule has 0 aliphatic heterocycles. The maximum absolute atomic E-state index is 3.49. The number of nitrogens with one attached hydrogen (secondary N) is 1. The van der Waals surface area contributed by atoms with Gasteiger partial charge in [0.1, 0.15) is 13.1 Å². The van der Waals surface area contributed by atoms with Crippen LogP contribution in [-0.2, 0) is 0 Å². The van der Waals surface area contributed by atoms with Crippen molar-refractivity contribution in [2.45, 2.75) is 44.9 Å². The van der Waals surface area contributed by atoms with Crippen molar-refractivity contribution in [1.29, 1.82) is 0 Å². The predicted octanol–water partition coefficient (Wildman–Crippen LogP) is 3.28. The van der Waals surface area contributed by atoms with Gasteiger partial charge in [0.15, 0.2) is 0 Å². The topological polar surface area (TPSA) is 15.6 Å². The molecule has 1 heteroatoms. The first-order chi connectivity index (χ1) is 9.42. The van der Waals surface area contributed by atoms with E-state index in [1.807, 2.05) is 0 Å². The van der Waals surface area contributed by atoms with Crippen LogP contribution < -0.4 is 5.32 Å². The summed E-state index contributed by atoms with van der Waals surface area (Å²) in [6.45, 7) is 4.58. The summed E-state index contributed by atoms with van der Waals surface area (Å²) in [4.78, 5) is 0. The van der Waals surface area contributed by atoms with Crippen LogP contribution in [0, 0.1) is 5.92 Å². The third-order valence-electron chi connectivity index (χ3n) is 3.88. The minimum absolute atomic E-state index is 0.792. The van der Waals surface area contributed by atoms with Gasteiger partial charge in [-0.3, -0.25) is 0 Å². The molecule has 1 N–H and O–H groups in total. The normalized spacial score (nSPS) is 21.9. The van der Waals surface area contributed by atoms with Crippen molar-refractivity contribution in [2.75, 3.05) is 13.1 Å². The van der Waals surface area contributed by atoms with E-state index in [1.54, 1.807) is 0 Å². The Bertz CT molecular complexity index is 369. The summed E-state index contributed by atoms with van der Waals surface area (Å²) in [5, 5.41) is 3.49. The lowest BCUT2D eigenvalue weighted by atomic mass is 10.1. The number of allylic oxidation sites excluding steroid dienone is 2. The molecule has 0 aromatic heterocycles. The molecule has 1 aliphatic rings. The molecule has 19 heavy (non-hydrogen) atoms. The second-order valence-corrected chi connectivity index (χ2v) is 5.59. The van der Waals surface area contributed by atoms with Crippen LogP contribution >= 0.6 is 0 Å². The Morgan fingerprint density at radius 1 is 1.16 bits per heavy atom. The molecular formula is C18H27N+. The lowest BCUT2D eigenvalue weighted by Crippen LogP contribution is -2.84. The Morgan fingerprint density at radius 2 is 1.95 bits per heavy atom. The Kier molecular flexibility index (Phi) is 6.16. The van der Waals surface area contributed by atoms with Gasteiger partial charge >= 0.3 is 0 Å². The van der Waals surface area contributed by atoms with Crippen molar-refractivity contribution < 1.29 is 5.32 Å². The van der Waals surface area contributed by atoms with Gasteiger partial charge in [0.05, 0.1) is 0 Å². The summed E-state index contributed by atoms with van der Waals surface area (Å²) in [6.07, 6.45) is 11.2. The average molecular weight is 257 g/mol. The van der Waals surface area contributed by atoms with Crippen LogP contribution in [0.15, 0.2) is 42.5 Å². The molecule has 1 aromatic rings. The first kappa shape index (κ1) is 14.3. The maximum atomic E-state index is 3.49. The van der Waals surface area contributed by atoms with Crippen LogP contribution in [0.1, 0.15) is 50.5 Å². The molecule has 1 aliphatic carbocycles. The van der Waals surface area contributed by atoms with Crippen LogP contribution in [0.4, 0.5) is 0 Å². The van der Waals surface area contributed by atoms with Crippen LogP contribution in [0.2, 0.25) is 0 Å². The van der Waals surface area contributed by atoms with Crippen molar-refractivity contribution in [3.63, 3.8) is 0 Å². The smallest absolute Gasteiger partial charge is 0.121 e. The van der Waals surface area contributed by atoms with Crippen LogP contribution in [0.25, 0.3) is 0 Å². The molecule has 2 rings (SSSR count). The van der Waals surface area contributed by atoms with E-state index < -0.39 is 0 Å². The highest BCUT2D eigenvalue weighted by Crippen LogP contribution is 2.48. The van der Waals surface area contributed by atoms with Gasteiger partial charge in [0, 0.05) is 12.8 Å². The van der Waals surface area contributed by atoms with Crippen molar-refractivity contribution in [1.82, 2.24) is 0 Å². The minimum atomic E-state index is 0.792. The summed E-state index contributed by atoms with van der Waals surface area (Å²) in [5.41, 5.74) is 1.51. The van der Waals surface area contributed by atoms with Gasteiger partial charge in [-0.15, -0.1) is 0 Å². The van der Waals surface area contributed by atoms with Gasteiger partial charge < -0.3 is 0 Å². The largest absolute Gasteiger partial charge is 0.182 e. The Hall–Kier alpha value is -1.08. The lowest BCUT2D eigenvalue weighted by Gasteiger charge is -1.96. The van der Waals surface area contributed by atoms with Gasteiger partial charge in [0.2, 0.25) is 0 Å². The molecule has 0 saturated heterocycles. The number of hydrogen-bond acceptors (Lipinski definition) is 1. The third kappa shape index (κ3) is 5.20. The van der Waals surface area contributed by atoms with Gasteiger partial charge in [-0.25, -0.2) is 0 Å². The summed E-state index contributed by atoms with van der Waals surface area (Å²) < 4.78 is 0. The van der Waals surface area contributed by atoms with E-state index in [0.717, 1.165) is 18.4 Å². The third-order valence-corrected chi connectivity index (χ3v) is 3.88. The van der Waals surface area contributed by atoms with Gasteiger partial charge in [0.25, 0.3) is 0 Å². The highest BCUT2D eigenvalue weighted by molar-refractivity contribution is 5.28. The van der Waals surface area contributed by atoms with E-state index in [0.29, 0.717) is 0 Å². The molecular weight excluding hydrogens is 230 g/mol. The standard InChI is InChI=1S/C18H27N/c1-2-3-13-19-14-9-5-8-12-17-15-18(17)16-10-6-4-7-11-16/h4,6-8,10-12,17-19H,2-3,5,9,13-15H2,1H3/q+1/b12-8+/t17-,18+/m1/s1. The van der Waals surface area contributed by atoms with E-state index in [2.05, 4.69) is 54.7 Å². The monoisotopic (exact) mass is 257 g/mol. The van der Waals surface area contributed by atoms with E-state index in [1.165, 1.54) is 44.2 Å². The first-order valence-electron chi connectivity index (χ1n) is 7.84. The molecule has 2 atom stereocenters. The Balaban J connectivity index is 1.53. The SMILES string of the molecule is CCCC[NH+]CCC/C=C/[C@@H]1C[C@H]1c1ccccc1. The zero-order valence-electron chi connectivity index (χ0n) is 12.1. The summed E-state index contributed by atoms with van der Waals surface area (Å²) in [6, 6.07) is 10.9. The fourth-order valence-corrected chi connectivity index (χ4v) is 2.55. The van der Waals surface area contributed by atoms with Gasteiger partial charge in [-0.05, 0) is 30.2 Å². The number of hydrogen-bond donors (Lipinski definition) is 1. The minimum Gasteiger partial charge on any atom is -0.182 e. The number of benzene rings is 1. The predicted molar refractivity (Wildman–Crippen MR) is 81.3 cm³/mol. The highest BCUT2D eigenvalue weighted by Gasteiger charge is 2.35. The Labute approximate surface area is 118 Å².